The second-order valence-electron chi connectivity index (χ2n) is 5.87. The van der Waals surface area contributed by atoms with E-state index in [-0.39, 0.29) is 0 Å². The van der Waals surface area contributed by atoms with E-state index in [0.717, 1.165) is 23.8 Å². The lowest BCUT2D eigenvalue weighted by Gasteiger charge is -2.09. The molecule has 0 saturated heterocycles. The Bertz CT molecular complexity index is 646. The largest absolute Gasteiger partial charge is 0.310 e. The second kappa shape index (κ2) is 4.74. The van der Waals surface area contributed by atoms with Gasteiger partial charge in [-0.05, 0) is 46.1 Å². The van der Waals surface area contributed by atoms with Crippen LogP contribution in [0.3, 0.4) is 0 Å². The van der Waals surface area contributed by atoms with E-state index in [0.29, 0.717) is 6.04 Å². The molecule has 1 saturated carbocycles. The first-order chi connectivity index (χ1) is 9.49. The average molecular weight is 273 g/mol. The Morgan fingerprint density at radius 3 is 2.35 bits per heavy atom. The number of aromatic nitrogens is 4. The molecule has 2 heterocycles. The minimum absolute atomic E-state index is 0.699. The average Bonchev–Trinajstić information content (AvgIpc) is 3.14. The molecule has 1 aliphatic rings. The summed E-state index contributed by atoms with van der Waals surface area (Å²) in [5.41, 5.74) is 5.87. The second-order valence-corrected chi connectivity index (χ2v) is 5.87. The summed E-state index contributed by atoms with van der Waals surface area (Å²) in [5.74, 6) is 1.09. The van der Waals surface area contributed by atoms with Gasteiger partial charge in [-0.1, -0.05) is 0 Å². The van der Waals surface area contributed by atoms with Crippen LogP contribution in [0.1, 0.15) is 41.1 Å². The van der Waals surface area contributed by atoms with Crippen molar-refractivity contribution in [1.29, 1.82) is 0 Å². The topological polar surface area (TPSA) is 47.7 Å². The molecule has 1 fully saturated rings. The van der Waals surface area contributed by atoms with Gasteiger partial charge in [-0.2, -0.15) is 10.2 Å². The molecule has 0 amide bonds. The quantitative estimate of drug-likeness (QED) is 0.928. The van der Waals surface area contributed by atoms with Gasteiger partial charge in [0.05, 0.1) is 11.4 Å². The molecule has 0 aromatic carbocycles. The van der Waals surface area contributed by atoms with Crippen molar-refractivity contribution in [3.05, 3.63) is 28.2 Å². The van der Waals surface area contributed by atoms with Gasteiger partial charge < -0.3 is 5.32 Å². The fourth-order valence-corrected chi connectivity index (χ4v) is 2.62. The molecule has 1 aliphatic carbocycles. The van der Waals surface area contributed by atoms with Gasteiger partial charge in [-0.25, -0.2) is 4.68 Å². The Hall–Kier alpha value is -1.62. The predicted octanol–water partition coefficient (Wildman–Crippen LogP) is 2.09. The van der Waals surface area contributed by atoms with Crippen molar-refractivity contribution >= 4 is 0 Å². The Morgan fingerprint density at radius 2 is 1.80 bits per heavy atom. The molecule has 0 bridgehead atoms. The molecule has 2 aromatic heterocycles. The van der Waals surface area contributed by atoms with Gasteiger partial charge in [0.25, 0.3) is 0 Å². The first-order valence-corrected chi connectivity index (χ1v) is 7.28. The van der Waals surface area contributed by atoms with Gasteiger partial charge in [0.15, 0.2) is 5.82 Å². The number of rotatable bonds is 4. The highest BCUT2D eigenvalue weighted by molar-refractivity contribution is 5.41. The van der Waals surface area contributed by atoms with Gasteiger partial charge in [-0.3, -0.25) is 4.68 Å². The summed E-state index contributed by atoms with van der Waals surface area (Å²) >= 11 is 0. The molecule has 0 spiro atoms. The van der Waals surface area contributed by atoms with E-state index in [2.05, 4.69) is 43.2 Å². The van der Waals surface area contributed by atoms with Crippen LogP contribution in [0, 0.1) is 27.7 Å². The first kappa shape index (κ1) is 13.4. The van der Waals surface area contributed by atoms with Crippen molar-refractivity contribution < 1.29 is 0 Å². The predicted molar refractivity (Wildman–Crippen MR) is 79.1 cm³/mol. The van der Waals surface area contributed by atoms with Crippen molar-refractivity contribution in [3.8, 4) is 5.82 Å². The lowest BCUT2D eigenvalue weighted by Crippen LogP contribution is -2.18. The molecule has 20 heavy (non-hydrogen) atoms. The minimum Gasteiger partial charge on any atom is -0.310 e. The maximum atomic E-state index is 4.69. The van der Waals surface area contributed by atoms with Crippen molar-refractivity contribution in [1.82, 2.24) is 24.9 Å². The molecule has 5 heteroatoms. The van der Waals surface area contributed by atoms with E-state index in [1.807, 2.05) is 16.4 Å². The van der Waals surface area contributed by atoms with Crippen molar-refractivity contribution in [2.45, 2.75) is 53.1 Å². The molecule has 108 valence electrons. The van der Waals surface area contributed by atoms with Crippen LogP contribution in [0.2, 0.25) is 0 Å². The van der Waals surface area contributed by atoms with Crippen LogP contribution in [-0.4, -0.2) is 25.6 Å². The van der Waals surface area contributed by atoms with Crippen LogP contribution in [0.15, 0.2) is 0 Å². The van der Waals surface area contributed by atoms with Crippen molar-refractivity contribution in [3.63, 3.8) is 0 Å². The van der Waals surface area contributed by atoms with Crippen LogP contribution >= 0.6 is 0 Å². The first-order valence-electron chi connectivity index (χ1n) is 7.28. The molecular weight excluding hydrogens is 250 g/mol. The smallest absolute Gasteiger partial charge is 0.156 e. The van der Waals surface area contributed by atoms with Crippen LogP contribution < -0.4 is 5.32 Å². The molecule has 3 rings (SSSR count). The Balaban J connectivity index is 2.04. The summed E-state index contributed by atoms with van der Waals surface area (Å²) in [7, 11) is 1.99. The third-order valence-electron chi connectivity index (χ3n) is 4.31. The summed E-state index contributed by atoms with van der Waals surface area (Å²) in [6.07, 6.45) is 2.60. The normalized spacial score (nSPS) is 15.1. The van der Waals surface area contributed by atoms with Crippen LogP contribution in [-0.2, 0) is 13.6 Å². The molecular formula is C15H23N5. The molecule has 0 atom stereocenters. The standard InChI is InChI=1S/C15H23N5/c1-9-10(2)18-20(12(9)4)15-14(8-16-13-6-7-13)11(3)17-19(15)5/h13,16H,6-8H2,1-5H3. The zero-order valence-corrected chi connectivity index (χ0v) is 13.0. The van der Waals surface area contributed by atoms with Crippen LogP contribution in [0.5, 0.6) is 0 Å². The van der Waals surface area contributed by atoms with Crippen molar-refractivity contribution in [2.24, 2.45) is 7.05 Å². The molecule has 2 aromatic rings. The van der Waals surface area contributed by atoms with E-state index < -0.39 is 0 Å². The van der Waals surface area contributed by atoms with E-state index in [9.17, 15) is 0 Å². The molecule has 0 radical (unpaired) electrons. The summed E-state index contributed by atoms with van der Waals surface area (Å²) in [6, 6.07) is 0.699. The molecule has 0 aliphatic heterocycles. The van der Waals surface area contributed by atoms with E-state index in [4.69, 9.17) is 0 Å². The van der Waals surface area contributed by atoms with Crippen LogP contribution in [0.25, 0.3) is 5.82 Å². The van der Waals surface area contributed by atoms with Gasteiger partial charge >= 0.3 is 0 Å². The molecule has 0 unspecified atom stereocenters. The molecule has 1 N–H and O–H groups in total. The number of hydrogen-bond donors (Lipinski definition) is 1. The van der Waals surface area contributed by atoms with Gasteiger partial charge in [-0.15, -0.1) is 0 Å². The summed E-state index contributed by atoms with van der Waals surface area (Å²) in [6.45, 7) is 9.25. The highest BCUT2D eigenvalue weighted by Crippen LogP contribution is 2.24. The highest BCUT2D eigenvalue weighted by atomic mass is 15.4. The summed E-state index contributed by atoms with van der Waals surface area (Å²) in [4.78, 5) is 0. The van der Waals surface area contributed by atoms with Gasteiger partial charge in [0.1, 0.15) is 0 Å². The van der Waals surface area contributed by atoms with Gasteiger partial charge in [0.2, 0.25) is 0 Å². The number of nitrogens with zero attached hydrogens (tertiary/aromatic N) is 4. The summed E-state index contributed by atoms with van der Waals surface area (Å²) in [5, 5.41) is 12.9. The third kappa shape index (κ3) is 2.16. The lowest BCUT2D eigenvalue weighted by molar-refractivity contribution is 0.658. The highest BCUT2D eigenvalue weighted by Gasteiger charge is 2.23. The maximum Gasteiger partial charge on any atom is 0.156 e. The number of nitrogens with one attached hydrogen (secondary N) is 1. The SMILES string of the molecule is Cc1nn(-c2c(CNC3CC3)c(C)nn2C)c(C)c1C. The maximum absolute atomic E-state index is 4.69. The fraction of sp³-hybridized carbons (Fsp3) is 0.600. The van der Waals surface area contributed by atoms with E-state index >= 15 is 0 Å². The third-order valence-corrected chi connectivity index (χ3v) is 4.31. The van der Waals surface area contributed by atoms with Crippen molar-refractivity contribution in [2.75, 3.05) is 0 Å². The monoisotopic (exact) mass is 273 g/mol. The fourth-order valence-electron chi connectivity index (χ4n) is 2.62. The van der Waals surface area contributed by atoms with E-state index in [1.54, 1.807) is 0 Å². The zero-order valence-electron chi connectivity index (χ0n) is 13.0. The molecule has 5 nitrogen and oxygen atoms in total. The Morgan fingerprint density at radius 1 is 1.10 bits per heavy atom. The summed E-state index contributed by atoms with van der Waals surface area (Å²) < 4.78 is 3.98. The Labute approximate surface area is 120 Å². The van der Waals surface area contributed by atoms with Crippen LogP contribution in [0.4, 0.5) is 0 Å². The number of hydrogen-bond acceptors (Lipinski definition) is 3. The number of aryl methyl sites for hydroxylation is 3. The lowest BCUT2D eigenvalue weighted by atomic mass is 10.2. The minimum atomic E-state index is 0.699. The van der Waals surface area contributed by atoms with Gasteiger partial charge in [0, 0.05) is 30.9 Å². The van der Waals surface area contributed by atoms with E-state index in [1.165, 1.54) is 29.7 Å². The Kier molecular flexibility index (Phi) is 3.17. The zero-order chi connectivity index (χ0) is 14.4.